The first-order valence-electron chi connectivity index (χ1n) is 9.42. The van der Waals surface area contributed by atoms with Gasteiger partial charge in [0.05, 0.1) is 12.0 Å². The lowest BCUT2D eigenvalue weighted by Crippen LogP contribution is -2.32. The number of thiazole rings is 1. The predicted octanol–water partition coefficient (Wildman–Crippen LogP) is 3.39. The molecule has 0 bridgehead atoms. The van der Waals surface area contributed by atoms with Gasteiger partial charge in [-0.1, -0.05) is 35.1 Å². The second-order valence-electron chi connectivity index (χ2n) is 6.92. The molecule has 31 heavy (non-hydrogen) atoms. The predicted molar refractivity (Wildman–Crippen MR) is 115 cm³/mol. The molecule has 0 spiro atoms. The van der Waals surface area contributed by atoms with E-state index in [2.05, 4.69) is 5.10 Å². The van der Waals surface area contributed by atoms with Crippen molar-refractivity contribution in [2.24, 2.45) is 5.10 Å². The van der Waals surface area contributed by atoms with E-state index in [4.69, 9.17) is 20.8 Å². The van der Waals surface area contributed by atoms with Crippen molar-refractivity contribution in [2.75, 3.05) is 6.61 Å². The fraction of sp³-hybridized carbons (Fsp3) is 0.238. The minimum atomic E-state index is -0.674. The lowest BCUT2D eigenvalue weighted by atomic mass is 10.0. The summed E-state index contributed by atoms with van der Waals surface area (Å²) in [7, 11) is 0. The summed E-state index contributed by atoms with van der Waals surface area (Å²) in [6, 6.07) is 10.2. The van der Waals surface area contributed by atoms with E-state index in [0.717, 1.165) is 16.9 Å². The van der Waals surface area contributed by atoms with E-state index in [-0.39, 0.29) is 11.4 Å². The summed E-state index contributed by atoms with van der Waals surface area (Å²) >= 11 is 6.96. The fourth-order valence-electron chi connectivity index (χ4n) is 3.24. The molecule has 2 aromatic heterocycles. The van der Waals surface area contributed by atoms with E-state index in [1.807, 2.05) is 12.1 Å². The van der Waals surface area contributed by atoms with Crippen molar-refractivity contribution in [3.05, 3.63) is 79.7 Å². The van der Waals surface area contributed by atoms with Crippen LogP contribution in [0.25, 0.3) is 0 Å². The molecule has 0 saturated heterocycles. The van der Waals surface area contributed by atoms with Gasteiger partial charge in [-0.3, -0.25) is 19.0 Å². The molecule has 0 fully saturated rings. The molecule has 1 aliphatic rings. The van der Waals surface area contributed by atoms with Crippen LogP contribution in [0.5, 0.6) is 0 Å². The van der Waals surface area contributed by atoms with Crippen LogP contribution >= 0.6 is 22.9 Å². The van der Waals surface area contributed by atoms with E-state index < -0.39 is 24.5 Å². The van der Waals surface area contributed by atoms with E-state index in [1.54, 1.807) is 36.6 Å². The van der Waals surface area contributed by atoms with Crippen LogP contribution in [0.1, 0.15) is 29.5 Å². The van der Waals surface area contributed by atoms with Gasteiger partial charge in [-0.15, -0.1) is 0 Å². The molecule has 0 N–H and O–H groups in total. The summed E-state index contributed by atoms with van der Waals surface area (Å²) in [6.45, 7) is 0.981. The first-order valence-corrected chi connectivity index (χ1v) is 10.7. The molecule has 0 unspecified atom stereocenters. The highest BCUT2D eigenvalue weighted by molar-refractivity contribution is 7.07. The Bertz CT molecular complexity index is 1180. The van der Waals surface area contributed by atoms with Crippen LogP contribution < -0.4 is 4.87 Å². The number of carbonyl (C=O) groups excluding carboxylic acids is 2. The highest BCUT2D eigenvalue weighted by Crippen LogP contribution is 2.33. The molecule has 1 amide bonds. The number of rotatable bonds is 6. The third kappa shape index (κ3) is 4.62. The van der Waals surface area contributed by atoms with Gasteiger partial charge in [0.1, 0.15) is 18.3 Å². The van der Waals surface area contributed by atoms with Crippen LogP contribution in [0, 0.1) is 6.92 Å². The Hall–Kier alpha value is -3.17. The smallest absolute Gasteiger partial charge is 0.326 e. The van der Waals surface area contributed by atoms with E-state index >= 15 is 0 Å². The lowest BCUT2D eigenvalue weighted by molar-refractivity contribution is -0.153. The number of halogens is 1. The Balaban J connectivity index is 1.47. The highest BCUT2D eigenvalue weighted by Gasteiger charge is 2.35. The van der Waals surface area contributed by atoms with Gasteiger partial charge in [-0.25, -0.2) is 5.01 Å². The maximum absolute atomic E-state index is 12.8. The van der Waals surface area contributed by atoms with Crippen LogP contribution in [0.2, 0.25) is 5.02 Å². The number of esters is 1. The van der Waals surface area contributed by atoms with Gasteiger partial charge in [0.25, 0.3) is 5.91 Å². The summed E-state index contributed by atoms with van der Waals surface area (Å²) in [5.74, 6) is -0.589. The number of aromatic nitrogens is 1. The Labute approximate surface area is 186 Å². The molecule has 10 heteroatoms. The summed E-state index contributed by atoms with van der Waals surface area (Å²) in [6.07, 6.45) is 1.97. The fourth-order valence-corrected chi connectivity index (χ4v) is 4.10. The van der Waals surface area contributed by atoms with E-state index in [9.17, 15) is 14.4 Å². The zero-order valence-electron chi connectivity index (χ0n) is 16.5. The number of ether oxygens (including phenoxy) is 1. The van der Waals surface area contributed by atoms with Gasteiger partial charge in [0.15, 0.2) is 6.61 Å². The number of nitrogens with zero attached hydrogens (tertiary/aromatic N) is 3. The summed E-state index contributed by atoms with van der Waals surface area (Å²) in [5, 5.41) is 8.00. The minimum Gasteiger partial charge on any atom is -0.467 e. The van der Waals surface area contributed by atoms with Crippen LogP contribution in [0.15, 0.2) is 62.4 Å². The SMILES string of the molecule is Cc1csc(=O)n1CC(=O)OCC(=O)N1N=C(c2ccc(Cl)cc2)C[C@@H]1c1ccco1. The molecule has 0 radical (unpaired) electrons. The summed E-state index contributed by atoms with van der Waals surface area (Å²) in [5.41, 5.74) is 2.19. The minimum absolute atomic E-state index is 0.248. The van der Waals surface area contributed by atoms with E-state index in [1.165, 1.54) is 15.8 Å². The van der Waals surface area contributed by atoms with Crippen LogP contribution in [0.3, 0.4) is 0 Å². The summed E-state index contributed by atoms with van der Waals surface area (Å²) < 4.78 is 11.9. The lowest BCUT2D eigenvalue weighted by Gasteiger charge is -2.19. The molecule has 1 atom stereocenters. The van der Waals surface area contributed by atoms with Crippen molar-refractivity contribution in [1.82, 2.24) is 9.58 Å². The first kappa shape index (κ1) is 21.1. The van der Waals surface area contributed by atoms with Crippen molar-refractivity contribution < 1.29 is 18.7 Å². The van der Waals surface area contributed by atoms with Crippen molar-refractivity contribution in [3.63, 3.8) is 0 Å². The average Bonchev–Trinajstić information content (AvgIpc) is 3.49. The van der Waals surface area contributed by atoms with Crippen LogP contribution in [0.4, 0.5) is 0 Å². The standard InChI is InChI=1S/C21H18ClN3O5S/c1-13-12-31-21(28)24(13)10-20(27)30-11-19(26)25-17(18-3-2-8-29-18)9-16(23-25)14-4-6-15(22)7-5-14/h2-8,12,17H,9-11H2,1H3/t17-/m1/s1. The largest absolute Gasteiger partial charge is 0.467 e. The van der Waals surface area contributed by atoms with Gasteiger partial charge >= 0.3 is 10.8 Å². The molecule has 0 aliphatic carbocycles. The molecule has 0 saturated carbocycles. The maximum Gasteiger partial charge on any atom is 0.326 e. The quantitative estimate of drug-likeness (QED) is 0.527. The maximum atomic E-state index is 12.8. The van der Waals surface area contributed by atoms with Crippen molar-refractivity contribution >= 4 is 40.5 Å². The Morgan fingerprint density at radius 2 is 2.06 bits per heavy atom. The molecule has 4 rings (SSSR count). The molecule has 8 nitrogen and oxygen atoms in total. The zero-order chi connectivity index (χ0) is 22.0. The van der Waals surface area contributed by atoms with Crippen molar-refractivity contribution in [1.29, 1.82) is 0 Å². The van der Waals surface area contributed by atoms with Gasteiger partial charge in [-0.2, -0.15) is 5.10 Å². The molecular formula is C21H18ClN3O5S. The molecule has 160 valence electrons. The normalized spacial score (nSPS) is 15.7. The van der Waals surface area contributed by atoms with Crippen molar-refractivity contribution in [3.8, 4) is 0 Å². The number of furan rings is 1. The molecule has 1 aliphatic heterocycles. The molecule has 1 aromatic carbocycles. The number of hydrogen-bond donors (Lipinski definition) is 0. The number of aryl methyl sites for hydroxylation is 1. The molecule has 3 aromatic rings. The number of carbonyl (C=O) groups is 2. The monoisotopic (exact) mass is 459 g/mol. The van der Waals surface area contributed by atoms with Gasteiger partial charge in [-0.05, 0) is 36.8 Å². The number of hydrogen-bond acceptors (Lipinski definition) is 7. The van der Waals surface area contributed by atoms with Crippen molar-refractivity contribution in [2.45, 2.75) is 25.9 Å². The number of hydrazone groups is 1. The average molecular weight is 460 g/mol. The third-order valence-corrected chi connectivity index (χ3v) is 5.97. The third-order valence-electron chi connectivity index (χ3n) is 4.84. The van der Waals surface area contributed by atoms with Crippen LogP contribution in [-0.4, -0.2) is 33.8 Å². The van der Waals surface area contributed by atoms with E-state index in [0.29, 0.717) is 28.6 Å². The topological polar surface area (TPSA) is 94.1 Å². The second kappa shape index (κ2) is 8.91. The molecular weight excluding hydrogens is 442 g/mol. The Kier molecular flexibility index (Phi) is 6.06. The number of benzene rings is 1. The summed E-state index contributed by atoms with van der Waals surface area (Å²) in [4.78, 5) is 36.5. The van der Waals surface area contributed by atoms with Gasteiger partial charge < -0.3 is 9.15 Å². The van der Waals surface area contributed by atoms with Crippen LogP contribution in [-0.2, 0) is 20.9 Å². The zero-order valence-corrected chi connectivity index (χ0v) is 18.1. The Morgan fingerprint density at radius 3 is 2.71 bits per heavy atom. The highest BCUT2D eigenvalue weighted by atomic mass is 35.5. The van der Waals surface area contributed by atoms with Gasteiger partial charge in [0, 0.05) is 22.5 Å². The number of amides is 1. The Morgan fingerprint density at radius 1 is 1.29 bits per heavy atom. The second-order valence-corrected chi connectivity index (χ2v) is 8.17. The molecule has 3 heterocycles. The first-order chi connectivity index (χ1) is 14.9. The van der Waals surface area contributed by atoms with Gasteiger partial charge in [0.2, 0.25) is 0 Å².